The number of rotatable bonds is 5. The van der Waals surface area contributed by atoms with Crippen molar-refractivity contribution in [2.45, 2.75) is 19.0 Å². The van der Waals surface area contributed by atoms with Gasteiger partial charge in [0.15, 0.2) is 0 Å². The van der Waals surface area contributed by atoms with Crippen molar-refractivity contribution in [3.63, 3.8) is 0 Å². The van der Waals surface area contributed by atoms with E-state index in [1.165, 1.54) is 21.6 Å². The molecule has 26 heavy (non-hydrogen) atoms. The molecular weight excluding hydrogens is 360 g/mol. The lowest BCUT2D eigenvalue weighted by molar-refractivity contribution is -0.132. The van der Waals surface area contributed by atoms with Crippen molar-refractivity contribution in [1.82, 2.24) is 9.80 Å². The van der Waals surface area contributed by atoms with Gasteiger partial charge in [-0.15, -0.1) is 11.3 Å². The van der Waals surface area contributed by atoms with Gasteiger partial charge in [0.2, 0.25) is 5.91 Å². The maximum Gasteiger partial charge on any atom is 0.236 e. The van der Waals surface area contributed by atoms with Gasteiger partial charge in [-0.2, -0.15) is 11.3 Å². The van der Waals surface area contributed by atoms with E-state index in [0.717, 1.165) is 13.0 Å². The average Bonchev–Trinajstić information content (AvgIpc) is 3.33. The Morgan fingerprint density at radius 1 is 1.19 bits per heavy atom. The van der Waals surface area contributed by atoms with E-state index < -0.39 is 0 Å². The summed E-state index contributed by atoms with van der Waals surface area (Å²) in [5.41, 5.74) is 3.82. The molecule has 0 radical (unpaired) electrons. The van der Waals surface area contributed by atoms with Crippen LogP contribution in [0.25, 0.3) is 0 Å². The van der Waals surface area contributed by atoms with Crippen LogP contribution in [0.4, 0.5) is 0 Å². The molecule has 134 valence electrons. The highest BCUT2D eigenvalue weighted by molar-refractivity contribution is 7.10. The van der Waals surface area contributed by atoms with Crippen molar-refractivity contribution in [2.24, 2.45) is 0 Å². The smallest absolute Gasteiger partial charge is 0.236 e. The van der Waals surface area contributed by atoms with Crippen molar-refractivity contribution in [3.05, 3.63) is 80.2 Å². The number of amides is 1. The van der Waals surface area contributed by atoms with Gasteiger partial charge in [0, 0.05) is 25.0 Å². The fourth-order valence-corrected chi connectivity index (χ4v) is 5.17. The van der Waals surface area contributed by atoms with E-state index in [2.05, 4.69) is 57.4 Å². The second-order valence-electron chi connectivity index (χ2n) is 6.71. The largest absolute Gasteiger partial charge is 0.340 e. The van der Waals surface area contributed by atoms with Crippen LogP contribution >= 0.6 is 22.7 Å². The van der Waals surface area contributed by atoms with Gasteiger partial charge in [0.05, 0.1) is 12.6 Å². The van der Waals surface area contributed by atoms with Crippen LogP contribution < -0.4 is 0 Å². The molecule has 1 amide bonds. The zero-order valence-corrected chi connectivity index (χ0v) is 16.4. The molecule has 0 saturated heterocycles. The van der Waals surface area contributed by atoms with E-state index in [0.29, 0.717) is 13.1 Å². The standard InChI is InChI=1S/C21H22N2OS2/c1-22(13-16-8-11-25-15-16)20(24)14-23-10-7-19-18(9-12-26-19)21(23)17-5-3-2-4-6-17/h2-6,8-9,11-12,15,21H,7,10,13-14H2,1H3/t21-/m0/s1. The molecule has 1 aliphatic rings. The first-order valence-corrected chi connectivity index (χ1v) is 10.6. The quantitative estimate of drug-likeness (QED) is 0.652. The minimum atomic E-state index is 0.171. The number of nitrogens with zero attached hydrogens (tertiary/aromatic N) is 2. The lowest BCUT2D eigenvalue weighted by Gasteiger charge is -2.36. The predicted molar refractivity (Wildman–Crippen MR) is 109 cm³/mol. The van der Waals surface area contributed by atoms with Crippen LogP contribution in [0.5, 0.6) is 0 Å². The maximum absolute atomic E-state index is 12.9. The van der Waals surface area contributed by atoms with Gasteiger partial charge in [0.1, 0.15) is 0 Å². The fraction of sp³-hybridized carbons (Fsp3) is 0.286. The van der Waals surface area contributed by atoms with Gasteiger partial charge in [-0.1, -0.05) is 30.3 Å². The van der Waals surface area contributed by atoms with Crippen LogP contribution in [-0.4, -0.2) is 35.8 Å². The maximum atomic E-state index is 12.9. The Morgan fingerprint density at radius 2 is 2.04 bits per heavy atom. The normalized spacial score (nSPS) is 17.0. The van der Waals surface area contributed by atoms with Crippen molar-refractivity contribution < 1.29 is 4.79 Å². The third kappa shape index (κ3) is 3.61. The summed E-state index contributed by atoms with van der Waals surface area (Å²) < 4.78 is 0. The summed E-state index contributed by atoms with van der Waals surface area (Å²) >= 11 is 3.51. The number of hydrogen-bond acceptors (Lipinski definition) is 4. The molecular formula is C21H22N2OS2. The van der Waals surface area contributed by atoms with Crippen LogP contribution in [0, 0.1) is 0 Å². The zero-order valence-electron chi connectivity index (χ0n) is 14.8. The molecule has 1 aliphatic heterocycles. The van der Waals surface area contributed by atoms with Gasteiger partial charge < -0.3 is 4.90 Å². The van der Waals surface area contributed by atoms with Gasteiger partial charge in [-0.3, -0.25) is 9.69 Å². The Hall–Kier alpha value is -1.95. The number of carbonyl (C=O) groups excluding carboxylic acids is 1. The Balaban J connectivity index is 1.54. The number of likely N-dealkylation sites (N-methyl/N-ethyl adjacent to an activating group) is 1. The fourth-order valence-electron chi connectivity index (χ4n) is 3.60. The number of fused-ring (bicyclic) bond motifs is 1. The first-order chi connectivity index (χ1) is 12.7. The molecule has 2 aromatic heterocycles. The van der Waals surface area contributed by atoms with E-state index in [-0.39, 0.29) is 11.9 Å². The molecule has 0 saturated carbocycles. The minimum absolute atomic E-state index is 0.171. The van der Waals surface area contributed by atoms with E-state index >= 15 is 0 Å². The van der Waals surface area contributed by atoms with Crippen LogP contribution in [0.3, 0.4) is 0 Å². The summed E-state index contributed by atoms with van der Waals surface area (Å²) in [6, 6.07) is 15.0. The lowest BCUT2D eigenvalue weighted by atomic mass is 9.93. The highest BCUT2D eigenvalue weighted by Crippen LogP contribution is 2.37. The SMILES string of the molecule is CN(Cc1ccsc1)C(=O)CN1CCc2sccc2[C@@H]1c1ccccc1. The highest BCUT2D eigenvalue weighted by Gasteiger charge is 2.31. The summed E-state index contributed by atoms with van der Waals surface area (Å²) in [5, 5.41) is 6.34. The third-order valence-corrected chi connectivity index (χ3v) is 6.67. The molecule has 0 aliphatic carbocycles. The van der Waals surface area contributed by atoms with E-state index in [1.807, 2.05) is 29.4 Å². The molecule has 3 aromatic rings. The van der Waals surface area contributed by atoms with Gasteiger partial charge in [-0.25, -0.2) is 0 Å². The average molecular weight is 383 g/mol. The molecule has 5 heteroatoms. The summed E-state index contributed by atoms with van der Waals surface area (Å²) in [6.07, 6.45) is 1.03. The Morgan fingerprint density at radius 3 is 2.81 bits per heavy atom. The first-order valence-electron chi connectivity index (χ1n) is 8.82. The summed E-state index contributed by atoms with van der Waals surface area (Å²) in [6.45, 7) is 2.05. The molecule has 0 spiro atoms. The van der Waals surface area contributed by atoms with Gasteiger partial charge in [-0.05, 0) is 51.4 Å². The number of thiophene rings is 2. The monoisotopic (exact) mass is 382 g/mol. The predicted octanol–water partition coefficient (Wildman–Crippen LogP) is 4.42. The molecule has 0 unspecified atom stereocenters. The number of benzene rings is 1. The molecule has 3 nitrogen and oxygen atoms in total. The molecule has 1 atom stereocenters. The van der Waals surface area contributed by atoms with Crippen molar-refractivity contribution in [3.8, 4) is 0 Å². The Labute approximate surface area is 162 Å². The van der Waals surface area contributed by atoms with Crippen LogP contribution in [0.1, 0.15) is 27.6 Å². The minimum Gasteiger partial charge on any atom is -0.340 e. The molecule has 4 rings (SSSR count). The van der Waals surface area contributed by atoms with Crippen molar-refractivity contribution in [1.29, 1.82) is 0 Å². The van der Waals surface area contributed by atoms with Crippen molar-refractivity contribution in [2.75, 3.05) is 20.1 Å². The highest BCUT2D eigenvalue weighted by atomic mass is 32.1. The third-order valence-electron chi connectivity index (χ3n) is 4.94. The van der Waals surface area contributed by atoms with Gasteiger partial charge >= 0.3 is 0 Å². The number of carbonyl (C=O) groups is 1. The lowest BCUT2D eigenvalue weighted by Crippen LogP contribution is -2.43. The van der Waals surface area contributed by atoms with E-state index in [4.69, 9.17) is 0 Å². The second kappa shape index (κ2) is 7.74. The van der Waals surface area contributed by atoms with E-state index in [9.17, 15) is 4.79 Å². The Kier molecular flexibility index (Phi) is 5.20. The first kappa shape index (κ1) is 17.5. The second-order valence-corrected chi connectivity index (χ2v) is 8.49. The number of hydrogen-bond donors (Lipinski definition) is 0. The molecule has 0 fully saturated rings. The molecule has 3 heterocycles. The van der Waals surface area contributed by atoms with Crippen molar-refractivity contribution >= 4 is 28.6 Å². The Bertz CT molecular complexity index is 857. The van der Waals surface area contributed by atoms with E-state index in [1.54, 1.807) is 11.3 Å². The topological polar surface area (TPSA) is 23.6 Å². The molecule has 0 bridgehead atoms. The van der Waals surface area contributed by atoms with Crippen LogP contribution in [0.15, 0.2) is 58.6 Å². The molecule has 1 aromatic carbocycles. The summed E-state index contributed by atoms with van der Waals surface area (Å²) in [4.78, 5) is 18.5. The van der Waals surface area contributed by atoms with Crippen LogP contribution in [-0.2, 0) is 17.8 Å². The summed E-state index contributed by atoms with van der Waals surface area (Å²) in [5.74, 6) is 0.177. The molecule has 0 N–H and O–H groups in total. The van der Waals surface area contributed by atoms with Crippen LogP contribution in [0.2, 0.25) is 0 Å². The zero-order chi connectivity index (χ0) is 17.9. The van der Waals surface area contributed by atoms with Gasteiger partial charge in [0.25, 0.3) is 0 Å². The summed E-state index contributed by atoms with van der Waals surface area (Å²) in [7, 11) is 1.90.